The molecule has 3 rings (SSSR count). The normalized spacial score (nSPS) is 22.4. The van der Waals surface area contributed by atoms with Crippen LogP contribution in [0.15, 0.2) is 9.80 Å². The van der Waals surface area contributed by atoms with Crippen LogP contribution in [0.1, 0.15) is 52.1 Å². The number of thiazole rings is 1. The molecule has 3 N–H and O–H groups in total. The summed E-state index contributed by atoms with van der Waals surface area (Å²) >= 11 is 1.54. The van der Waals surface area contributed by atoms with Crippen molar-refractivity contribution in [3.05, 3.63) is 33.4 Å². The van der Waals surface area contributed by atoms with Crippen LogP contribution in [-0.4, -0.2) is 39.0 Å². The Balaban J connectivity index is 1.57. The van der Waals surface area contributed by atoms with Crippen LogP contribution in [0.25, 0.3) is 0 Å². The lowest BCUT2D eigenvalue weighted by Gasteiger charge is -2.32. The Morgan fingerprint density at radius 2 is 2.07 bits per heavy atom. The molecule has 2 heterocycles. The molecule has 0 unspecified atom stereocenters. The number of rotatable bonds is 5. The van der Waals surface area contributed by atoms with Crippen LogP contribution in [0, 0.1) is 26.7 Å². The van der Waals surface area contributed by atoms with Gasteiger partial charge in [0.2, 0.25) is 11.7 Å². The average Bonchev–Trinajstić information content (AvgIpc) is 3.19. The first-order valence-electron chi connectivity index (χ1n) is 8.95. The van der Waals surface area contributed by atoms with Gasteiger partial charge in [0, 0.05) is 18.2 Å². The molecule has 1 aliphatic carbocycles. The van der Waals surface area contributed by atoms with E-state index in [1.165, 1.54) is 0 Å². The molecule has 8 nitrogen and oxygen atoms in total. The molecule has 3 atom stereocenters. The second kappa shape index (κ2) is 8.18. The van der Waals surface area contributed by atoms with Crippen LogP contribution < -0.4 is 10.6 Å². The minimum absolute atomic E-state index is 0.0847. The molecule has 2 amide bonds. The maximum absolute atomic E-state index is 12.5. The Morgan fingerprint density at radius 1 is 1.30 bits per heavy atom. The fourth-order valence-corrected chi connectivity index (χ4v) is 3.95. The minimum atomic E-state index is -0.691. The van der Waals surface area contributed by atoms with Gasteiger partial charge in [-0.05, 0) is 33.1 Å². The van der Waals surface area contributed by atoms with Crippen LogP contribution in [0.3, 0.4) is 0 Å². The Hall–Kier alpha value is -2.26. The molecule has 9 heteroatoms. The van der Waals surface area contributed by atoms with Crippen molar-refractivity contribution in [2.75, 3.05) is 0 Å². The van der Waals surface area contributed by atoms with E-state index < -0.39 is 18.1 Å². The topological polar surface area (TPSA) is 117 Å². The SMILES string of the molecule is Cc1nc(C)c(C(=O)N[C@@H]2C[C@@H](C(=O)NCc3csc(C)n3)CC[C@H]2O)o1. The number of oxazole rings is 1. The van der Waals surface area contributed by atoms with Gasteiger partial charge in [-0.1, -0.05) is 0 Å². The van der Waals surface area contributed by atoms with Crippen LogP contribution in [0.4, 0.5) is 0 Å². The molecule has 146 valence electrons. The monoisotopic (exact) mass is 392 g/mol. The van der Waals surface area contributed by atoms with Gasteiger partial charge in [-0.2, -0.15) is 0 Å². The number of nitrogens with one attached hydrogen (secondary N) is 2. The summed E-state index contributed by atoms with van der Waals surface area (Å²) in [5, 5.41) is 18.8. The first-order valence-corrected chi connectivity index (χ1v) is 9.83. The van der Waals surface area contributed by atoms with Crippen molar-refractivity contribution in [3.63, 3.8) is 0 Å². The Kier molecular flexibility index (Phi) is 5.91. The average molecular weight is 392 g/mol. The zero-order chi connectivity index (χ0) is 19.6. The lowest BCUT2D eigenvalue weighted by atomic mass is 9.83. The summed E-state index contributed by atoms with van der Waals surface area (Å²) in [7, 11) is 0. The van der Waals surface area contributed by atoms with Gasteiger partial charge in [-0.25, -0.2) is 9.97 Å². The van der Waals surface area contributed by atoms with Gasteiger partial charge >= 0.3 is 0 Å². The third-order valence-electron chi connectivity index (χ3n) is 4.72. The number of hydrogen-bond donors (Lipinski definition) is 3. The number of carbonyl (C=O) groups is 2. The highest BCUT2D eigenvalue weighted by Crippen LogP contribution is 2.26. The van der Waals surface area contributed by atoms with E-state index in [-0.39, 0.29) is 17.6 Å². The number of aliphatic hydroxyl groups is 1. The lowest BCUT2D eigenvalue weighted by molar-refractivity contribution is -0.127. The van der Waals surface area contributed by atoms with Crippen molar-refractivity contribution in [3.8, 4) is 0 Å². The lowest BCUT2D eigenvalue weighted by Crippen LogP contribution is -2.49. The third-order valence-corrected chi connectivity index (χ3v) is 5.54. The number of nitrogens with zero attached hydrogens (tertiary/aromatic N) is 2. The zero-order valence-corrected chi connectivity index (χ0v) is 16.4. The first-order chi connectivity index (χ1) is 12.8. The van der Waals surface area contributed by atoms with Gasteiger partial charge in [-0.3, -0.25) is 9.59 Å². The highest BCUT2D eigenvalue weighted by molar-refractivity contribution is 7.09. The predicted molar refractivity (Wildman–Crippen MR) is 99.3 cm³/mol. The van der Waals surface area contributed by atoms with Crippen molar-refractivity contribution in [2.45, 2.75) is 58.7 Å². The number of aliphatic hydroxyl groups excluding tert-OH is 1. The molecular weight excluding hydrogens is 368 g/mol. The van der Waals surface area contributed by atoms with Crippen LogP contribution in [0.5, 0.6) is 0 Å². The molecule has 0 aromatic carbocycles. The Labute approximate surface area is 161 Å². The van der Waals surface area contributed by atoms with E-state index in [4.69, 9.17) is 4.42 Å². The maximum atomic E-state index is 12.5. The third kappa shape index (κ3) is 4.72. The van der Waals surface area contributed by atoms with Crippen LogP contribution in [-0.2, 0) is 11.3 Å². The van der Waals surface area contributed by atoms with E-state index in [2.05, 4.69) is 20.6 Å². The molecule has 2 aromatic heterocycles. The smallest absolute Gasteiger partial charge is 0.289 e. The molecule has 0 spiro atoms. The number of hydrogen-bond acceptors (Lipinski definition) is 7. The highest BCUT2D eigenvalue weighted by atomic mass is 32.1. The quantitative estimate of drug-likeness (QED) is 0.712. The zero-order valence-electron chi connectivity index (χ0n) is 15.6. The molecule has 2 aromatic rings. The molecule has 0 bridgehead atoms. The van der Waals surface area contributed by atoms with E-state index in [0.29, 0.717) is 37.4 Å². The van der Waals surface area contributed by atoms with Gasteiger partial charge in [0.1, 0.15) is 0 Å². The largest absolute Gasteiger partial charge is 0.436 e. The molecule has 27 heavy (non-hydrogen) atoms. The fraction of sp³-hybridized carbons (Fsp3) is 0.556. The van der Waals surface area contributed by atoms with Crippen molar-refractivity contribution in [1.82, 2.24) is 20.6 Å². The number of aryl methyl sites for hydroxylation is 3. The van der Waals surface area contributed by atoms with E-state index in [1.807, 2.05) is 12.3 Å². The highest BCUT2D eigenvalue weighted by Gasteiger charge is 2.34. The first kappa shape index (κ1) is 19.5. The van der Waals surface area contributed by atoms with Gasteiger partial charge in [0.05, 0.1) is 35.1 Å². The summed E-state index contributed by atoms with van der Waals surface area (Å²) in [4.78, 5) is 33.3. The van der Waals surface area contributed by atoms with Crippen molar-refractivity contribution >= 4 is 23.2 Å². The molecule has 0 saturated heterocycles. The Morgan fingerprint density at radius 3 is 2.70 bits per heavy atom. The van der Waals surface area contributed by atoms with Gasteiger partial charge in [-0.15, -0.1) is 11.3 Å². The number of amides is 2. The van der Waals surface area contributed by atoms with Crippen molar-refractivity contribution < 1.29 is 19.1 Å². The standard InChI is InChI=1S/C18H24N4O4S/c1-9-16(26-10(2)20-9)18(25)22-14-6-12(4-5-15(14)23)17(24)19-7-13-8-27-11(3)21-13/h8,12,14-15,23H,4-7H2,1-3H3,(H,19,24)(H,22,25)/t12-,14+,15+/m0/s1. The van der Waals surface area contributed by atoms with E-state index in [1.54, 1.807) is 25.2 Å². The van der Waals surface area contributed by atoms with Gasteiger partial charge in [0.25, 0.3) is 5.91 Å². The van der Waals surface area contributed by atoms with Gasteiger partial charge in [0.15, 0.2) is 5.89 Å². The minimum Gasteiger partial charge on any atom is -0.436 e. The van der Waals surface area contributed by atoms with Gasteiger partial charge < -0.3 is 20.2 Å². The maximum Gasteiger partial charge on any atom is 0.289 e. The predicted octanol–water partition coefficient (Wildman–Crippen LogP) is 1.63. The summed E-state index contributed by atoms with van der Waals surface area (Å²) in [6.07, 6.45) is 0.716. The van der Waals surface area contributed by atoms with E-state index in [0.717, 1.165) is 10.7 Å². The second-order valence-corrected chi connectivity index (χ2v) is 7.94. The van der Waals surface area contributed by atoms with E-state index >= 15 is 0 Å². The Bertz CT molecular complexity index is 831. The molecule has 0 aliphatic heterocycles. The van der Waals surface area contributed by atoms with Crippen LogP contribution in [0.2, 0.25) is 0 Å². The summed E-state index contributed by atoms with van der Waals surface area (Å²) in [6.45, 7) is 5.67. The molecule has 1 aliphatic rings. The number of aromatic nitrogens is 2. The van der Waals surface area contributed by atoms with E-state index in [9.17, 15) is 14.7 Å². The molecule has 1 saturated carbocycles. The summed E-state index contributed by atoms with van der Waals surface area (Å²) < 4.78 is 5.33. The van der Waals surface area contributed by atoms with Crippen LogP contribution >= 0.6 is 11.3 Å². The summed E-state index contributed by atoms with van der Waals surface area (Å²) in [5.74, 6) is -0.216. The summed E-state index contributed by atoms with van der Waals surface area (Å²) in [5.41, 5.74) is 1.34. The second-order valence-electron chi connectivity index (χ2n) is 6.88. The number of carbonyl (C=O) groups excluding carboxylic acids is 2. The molecule has 1 fully saturated rings. The molecule has 0 radical (unpaired) electrons. The van der Waals surface area contributed by atoms with Crippen molar-refractivity contribution in [2.24, 2.45) is 5.92 Å². The fourth-order valence-electron chi connectivity index (χ4n) is 3.34. The summed E-state index contributed by atoms with van der Waals surface area (Å²) in [6, 6.07) is -0.506. The van der Waals surface area contributed by atoms with Crippen molar-refractivity contribution in [1.29, 1.82) is 0 Å². The molecular formula is C18H24N4O4S.